The van der Waals surface area contributed by atoms with E-state index < -0.39 is 12.6 Å². The van der Waals surface area contributed by atoms with Crippen molar-refractivity contribution in [1.29, 1.82) is 0 Å². The molecule has 1 aliphatic rings. The lowest BCUT2D eigenvalue weighted by Gasteiger charge is -2.22. The number of ether oxygens (including phenoxy) is 2. The average Bonchev–Trinajstić information content (AvgIpc) is 3.55. The van der Waals surface area contributed by atoms with Crippen molar-refractivity contribution in [3.63, 3.8) is 0 Å². The Morgan fingerprint density at radius 2 is 1.85 bits per heavy atom. The highest BCUT2D eigenvalue weighted by molar-refractivity contribution is 7.16. The summed E-state index contributed by atoms with van der Waals surface area (Å²) >= 11 is 1.44. The summed E-state index contributed by atoms with van der Waals surface area (Å²) in [5.74, 6) is -0.217. The normalized spacial score (nSPS) is 15.3. The minimum Gasteiger partial charge on any atom is -0.497 e. The van der Waals surface area contributed by atoms with Crippen molar-refractivity contribution in [3.05, 3.63) is 95.0 Å². The molecule has 34 heavy (non-hydrogen) atoms. The van der Waals surface area contributed by atoms with Gasteiger partial charge in [-0.25, -0.2) is 14.8 Å². The summed E-state index contributed by atoms with van der Waals surface area (Å²) in [6, 6.07) is 22.1. The van der Waals surface area contributed by atoms with Crippen LogP contribution in [-0.2, 0) is 9.53 Å². The molecule has 4 aromatic rings. The van der Waals surface area contributed by atoms with Gasteiger partial charge in [0, 0.05) is 6.42 Å². The molecule has 1 aromatic heterocycles. The summed E-state index contributed by atoms with van der Waals surface area (Å²) in [6.07, 6.45) is 0.554. The summed E-state index contributed by atoms with van der Waals surface area (Å²) in [4.78, 5) is 29.9. The molecule has 0 radical (unpaired) electrons. The van der Waals surface area contributed by atoms with Gasteiger partial charge in [0.1, 0.15) is 5.75 Å². The van der Waals surface area contributed by atoms with Crippen LogP contribution in [0.3, 0.4) is 0 Å². The lowest BCUT2D eigenvalue weighted by Crippen LogP contribution is -2.31. The van der Waals surface area contributed by atoms with Gasteiger partial charge in [-0.1, -0.05) is 42.5 Å². The highest BCUT2D eigenvalue weighted by Gasteiger charge is 2.33. The Bertz CT molecular complexity index is 1370. The van der Waals surface area contributed by atoms with E-state index in [4.69, 9.17) is 9.47 Å². The minimum atomic E-state index is -0.559. The van der Waals surface area contributed by atoms with Crippen molar-refractivity contribution < 1.29 is 19.1 Å². The average molecular weight is 472 g/mol. The van der Waals surface area contributed by atoms with Gasteiger partial charge in [-0.05, 0) is 41.5 Å². The van der Waals surface area contributed by atoms with Crippen molar-refractivity contribution in [2.45, 2.75) is 12.5 Å². The van der Waals surface area contributed by atoms with Crippen LogP contribution in [0.15, 0.2) is 83.4 Å². The first kappa shape index (κ1) is 21.8. The Balaban J connectivity index is 1.35. The van der Waals surface area contributed by atoms with Gasteiger partial charge in [0.05, 0.1) is 40.2 Å². The fourth-order valence-corrected chi connectivity index (χ4v) is 4.61. The third kappa shape index (κ3) is 4.40. The van der Waals surface area contributed by atoms with Crippen molar-refractivity contribution in [3.8, 4) is 5.75 Å². The third-order valence-electron chi connectivity index (χ3n) is 5.67. The third-order valence-corrected chi connectivity index (χ3v) is 6.46. The molecular weight excluding hydrogens is 450 g/mol. The quantitative estimate of drug-likeness (QED) is 0.376. The molecule has 2 heterocycles. The van der Waals surface area contributed by atoms with Crippen LogP contribution in [-0.4, -0.2) is 41.3 Å². The fraction of sp³-hybridized carbons (Fsp3) is 0.154. The summed E-state index contributed by atoms with van der Waals surface area (Å²) < 4.78 is 11.5. The van der Waals surface area contributed by atoms with Crippen LogP contribution in [0, 0.1) is 0 Å². The second-order valence-corrected chi connectivity index (χ2v) is 8.64. The van der Waals surface area contributed by atoms with Crippen LogP contribution in [0.5, 0.6) is 5.75 Å². The lowest BCUT2D eigenvalue weighted by molar-refractivity contribution is -0.136. The maximum absolute atomic E-state index is 13.1. The molecular formula is C26H21N3O4S. The van der Waals surface area contributed by atoms with Gasteiger partial charge in [-0.3, -0.25) is 4.79 Å². The molecule has 7 nitrogen and oxygen atoms in total. The number of amides is 1. The summed E-state index contributed by atoms with van der Waals surface area (Å²) in [5.41, 5.74) is 5.60. The second kappa shape index (κ2) is 9.44. The molecule has 0 spiro atoms. The second-order valence-electron chi connectivity index (χ2n) is 7.76. The van der Waals surface area contributed by atoms with E-state index in [0.717, 1.165) is 32.8 Å². The number of nitrogens with zero attached hydrogens (tertiary/aromatic N) is 3. The molecule has 1 atom stereocenters. The van der Waals surface area contributed by atoms with Crippen LogP contribution >= 0.6 is 11.3 Å². The number of benzene rings is 3. The predicted molar refractivity (Wildman–Crippen MR) is 130 cm³/mol. The first-order chi connectivity index (χ1) is 16.6. The maximum Gasteiger partial charge on any atom is 0.338 e. The highest BCUT2D eigenvalue weighted by atomic mass is 32.1. The van der Waals surface area contributed by atoms with E-state index in [0.29, 0.717) is 12.0 Å². The molecule has 0 fully saturated rings. The largest absolute Gasteiger partial charge is 0.497 e. The topological polar surface area (TPSA) is 81.1 Å². The van der Waals surface area contributed by atoms with Gasteiger partial charge in [-0.2, -0.15) is 5.10 Å². The number of carbonyl (C=O) groups excluding carboxylic acids is 2. The number of hydrazone groups is 1. The van der Waals surface area contributed by atoms with E-state index in [1.165, 1.54) is 16.3 Å². The van der Waals surface area contributed by atoms with E-state index in [1.54, 1.807) is 30.8 Å². The molecule has 1 amide bonds. The number of hydrogen-bond acceptors (Lipinski definition) is 7. The van der Waals surface area contributed by atoms with Crippen LogP contribution < -0.4 is 4.74 Å². The molecule has 1 unspecified atom stereocenters. The van der Waals surface area contributed by atoms with Crippen molar-refractivity contribution >= 4 is 39.1 Å². The van der Waals surface area contributed by atoms with E-state index in [9.17, 15) is 9.59 Å². The number of rotatable bonds is 6. The molecule has 3 aromatic carbocycles. The van der Waals surface area contributed by atoms with Crippen LogP contribution in [0.2, 0.25) is 0 Å². The number of aromatic nitrogens is 1. The highest BCUT2D eigenvalue weighted by Crippen LogP contribution is 2.33. The zero-order chi connectivity index (χ0) is 23.5. The molecule has 170 valence electrons. The molecule has 0 saturated carbocycles. The molecule has 0 bridgehead atoms. The van der Waals surface area contributed by atoms with E-state index in [1.807, 2.05) is 54.6 Å². The van der Waals surface area contributed by atoms with Gasteiger partial charge >= 0.3 is 5.97 Å². The Morgan fingerprint density at radius 1 is 1.06 bits per heavy atom. The Labute approximate surface area is 200 Å². The van der Waals surface area contributed by atoms with Crippen LogP contribution in [0.25, 0.3) is 10.2 Å². The minimum absolute atomic E-state index is 0.305. The van der Waals surface area contributed by atoms with Crippen molar-refractivity contribution in [2.24, 2.45) is 5.10 Å². The standard InChI is InChI=1S/C26H21N3O4S/c1-32-20-10-7-18(8-11-20)23-14-22(17-5-3-2-4-6-17)28-29(23)25(30)15-33-26(31)19-9-12-21-24(13-19)34-16-27-21/h2-13,16,23H,14-15H2,1H3. The number of thiazole rings is 1. The van der Waals surface area contributed by atoms with Crippen LogP contribution in [0.4, 0.5) is 0 Å². The van der Waals surface area contributed by atoms with Gasteiger partial charge in [0.2, 0.25) is 0 Å². The van der Waals surface area contributed by atoms with E-state index in [-0.39, 0.29) is 11.9 Å². The smallest absolute Gasteiger partial charge is 0.338 e. The van der Waals surface area contributed by atoms with Crippen molar-refractivity contribution in [1.82, 2.24) is 9.99 Å². The monoisotopic (exact) mass is 471 g/mol. The fourth-order valence-electron chi connectivity index (χ4n) is 3.89. The van der Waals surface area contributed by atoms with Crippen molar-refractivity contribution in [2.75, 3.05) is 13.7 Å². The summed E-state index contributed by atoms with van der Waals surface area (Å²) in [5, 5.41) is 6.04. The summed E-state index contributed by atoms with van der Waals surface area (Å²) in [6.45, 7) is -0.405. The Morgan fingerprint density at radius 3 is 2.62 bits per heavy atom. The number of hydrogen-bond donors (Lipinski definition) is 0. The number of methoxy groups -OCH3 is 1. The number of esters is 1. The first-order valence-corrected chi connectivity index (χ1v) is 11.6. The molecule has 5 rings (SSSR count). The van der Waals surface area contributed by atoms with Gasteiger partial charge in [-0.15, -0.1) is 11.3 Å². The zero-order valence-electron chi connectivity index (χ0n) is 18.4. The van der Waals surface area contributed by atoms with Crippen LogP contribution in [0.1, 0.15) is 33.9 Å². The molecule has 8 heteroatoms. The maximum atomic E-state index is 13.1. The molecule has 0 aliphatic carbocycles. The Hall–Kier alpha value is -4.04. The Kier molecular flexibility index (Phi) is 6.05. The number of fused-ring (bicyclic) bond motifs is 1. The van der Waals surface area contributed by atoms with Gasteiger partial charge in [0.15, 0.2) is 6.61 Å². The lowest BCUT2D eigenvalue weighted by atomic mass is 9.98. The molecule has 0 N–H and O–H groups in total. The van der Waals surface area contributed by atoms with E-state index in [2.05, 4.69) is 10.1 Å². The molecule has 1 aliphatic heterocycles. The zero-order valence-corrected chi connectivity index (χ0v) is 19.2. The first-order valence-electron chi connectivity index (χ1n) is 10.7. The van der Waals surface area contributed by atoms with Gasteiger partial charge < -0.3 is 9.47 Å². The van der Waals surface area contributed by atoms with E-state index >= 15 is 0 Å². The number of carbonyl (C=O) groups is 2. The summed E-state index contributed by atoms with van der Waals surface area (Å²) in [7, 11) is 1.61. The van der Waals surface area contributed by atoms with Gasteiger partial charge in [0.25, 0.3) is 5.91 Å². The SMILES string of the molecule is COc1ccc(C2CC(c3ccccc3)=NN2C(=O)COC(=O)c2ccc3ncsc3c2)cc1. The predicted octanol–water partition coefficient (Wildman–Crippen LogP) is 4.84. The molecule has 0 saturated heterocycles.